The van der Waals surface area contributed by atoms with Gasteiger partial charge in [0.05, 0.1) is 16.8 Å². The van der Waals surface area contributed by atoms with Crippen LogP contribution in [0.15, 0.2) is 35.4 Å². The molecule has 1 atom stereocenters. The summed E-state index contributed by atoms with van der Waals surface area (Å²) in [5.74, 6) is -0.226. The summed E-state index contributed by atoms with van der Waals surface area (Å²) in [4.78, 5) is 14.2. The molecule has 26 heavy (non-hydrogen) atoms. The maximum absolute atomic E-state index is 14.3. The molecule has 0 bridgehead atoms. The van der Waals surface area contributed by atoms with Crippen molar-refractivity contribution in [3.05, 3.63) is 36.3 Å². The van der Waals surface area contributed by atoms with Gasteiger partial charge in [-0.1, -0.05) is 0 Å². The van der Waals surface area contributed by atoms with Crippen LogP contribution in [-0.2, 0) is 21.9 Å². The van der Waals surface area contributed by atoms with Crippen LogP contribution >= 0.6 is 0 Å². The van der Waals surface area contributed by atoms with Crippen LogP contribution in [0.25, 0.3) is 0 Å². The first-order valence-electron chi connectivity index (χ1n) is 8.12. The van der Waals surface area contributed by atoms with E-state index in [1.54, 1.807) is 28.9 Å². The summed E-state index contributed by atoms with van der Waals surface area (Å²) in [5, 5.41) is 6.97. The van der Waals surface area contributed by atoms with Gasteiger partial charge < -0.3 is 5.32 Å². The molecule has 1 fully saturated rings. The number of anilines is 2. The van der Waals surface area contributed by atoms with Gasteiger partial charge in [-0.05, 0) is 38.1 Å². The normalized spacial score (nSPS) is 18.2. The van der Waals surface area contributed by atoms with Gasteiger partial charge in [-0.2, -0.15) is 5.10 Å². The van der Waals surface area contributed by atoms with Crippen LogP contribution in [-0.4, -0.2) is 43.7 Å². The number of nitrogens with zero attached hydrogens (tertiary/aromatic N) is 3. The van der Waals surface area contributed by atoms with Crippen molar-refractivity contribution in [1.82, 2.24) is 14.5 Å². The van der Waals surface area contributed by atoms with Gasteiger partial charge in [-0.15, -0.1) is 0 Å². The lowest BCUT2D eigenvalue weighted by molar-refractivity contribution is -0.120. The molecule has 1 amide bonds. The largest absolute Gasteiger partial charge is 0.371 e. The number of aryl methyl sites for hydroxylation is 1. The smallest absolute Gasteiger partial charge is 0.250 e. The first kappa shape index (κ1) is 18.3. The van der Waals surface area contributed by atoms with Crippen molar-refractivity contribution >= 4 is 27.4 Å². The van der Waals surface area contributed by atoms with Crippen molar-refractivity contribution in [3.8, 4) is 0 Å². The highest BCUT2D eigenvalue weighted by molar-refractivity contribution is 7.89. The Morgan fingerprint density at radius 2 is 2.08 bits per heavy atom. The molecule has 1 aliphatic heterocycles. The van der Waals surface area contributed by atoms with E-state index in [-0.39, 0.29) is 16.5 Å². The maximum Gasteiger partial charge on any atom is 0.250 e. The number of benzene rings is 1. The summed E-state index contributed by atoms with van der Waals surface area (Å²) < 4.78 is 41.6. The fourth-order valence-corrected chi connectivity index (χ4v) is 3.70. The highest BCUT2D eigenvalue weighted by Gasteiger charge is 2.31. The van der Waals surface area contributed by atoms with E-state index in [4.69, 9.17) is 0 Å². The van der Waals surface area contributed by atoms with Gasteiger partial charge in [0.1, 0.15) is 17.7 Å². The molecule has 0 spiro atoms. The van der Waals surface area contributed by atoms with E-state index in [9.17, 15) is 17.6 Å². The van der Waals surface area contributed by atoms with Crippen LogP contribution in [0.5, 0.6) is 0 Å². The van der Waals surface area contributed by atoms with E-state index in [2.05, 4.69) is 15.1 Å². The third-order valence-electron chi connectivity index (χ3n) is 4.36. The standard InChI is InChI=1S/C16H20FN5O3S/c1-18-26(24,25)11-5-6-13(12(17)10-11)20-14-4-3-9-22(16(14)23)15-7-8-19-21(15)2/h5-8,10,14,18,20H,3-4,9H2,1-2H3/t14-/m1/s1. The predicted octanol–water partition coefficient (Wildman–Crippen LogP) is 1.07. The second-order valence-electron chi connectivity index (χ2n) is 5.99. The van der Waals surface area contributed by atoms with Crippen molar-refractivity contribution in [2.24, 2.45) is 7.05 Å². The molecule has 8 nitrogen and oxygen atoms in total. The Labute approximate surface area is 151 Å². The van der Waals surface area contributed by atoms with Gasteiger partial charge >= 0.3 is 0 Å². The number of rotatable bonds is 5. The number of halogens is 1. The van der Waals surface area contributed by atoms with E-state index in [0.717, 1.165) is 12.5 Å². The molecule has 2 aromatic rings. The molecule has 1 aromatic heterocycles. The lowest BCUT2D eigenvalue weighted by Gasteiger charge is -2.32. The number of aromatic nitrogens is 2. The summed E-state index contributed by atoms with van der Waals surface area (Å²) >= 11 is 0. The predicted molar refractivity (Wildman–Crippen MR) is 94.9 cm³/mol. The number of hydrogen-bond donors (Lipinski definition) is 2. The van der Waals surface area contributed by atoms with E-state index in [1.165, 1.54) is 19.2 Å². The minimum Gasteiger partial charge on any atom is -0.371 e. The molecule has 2 N–H and O–H groups in total. The molecule has 3 rings (SSSR count). The van der Waals surface area contributed by atoms with Crippen LogP contribution in [0.3, 0.4) is 0 Å². The number of piperidine rings is 1. The maximum atomic E-state index is 14.3. The van der Waals surface area contributed by atoms with Crippen LogP contribution in [0.4, 0.5) is 15.9 Å². The van der Waals surface area contributed by atoms with Crippen molar-refractivity contribution in [2.75, 3.05) is 23.8 Å². The molecule has 1 saturated heterocycles. The van der Waals surface area contributed by atoms with Gasteiger partial charge in [0.15, 0.2) is 0 Å². The average molecular weight is 381 g/mol. The summed E-state index contributed by atoms with van der Waals surface area (Å²) in [5.41, 5.74) is 0.0882. The zero-order valence-corrected chi connectivity index (χ0v) is 15.3. The molecule has 1 aromatic carbocycles. The molecule has 0 radical (unpaired) electrons. The molecular weight excluding hydrogens is 361 g/mol. The molecule has 2 heterocycles. The van der Waals surface area contributed by atoms with Crippen LogP contribution in [0.2, 0.25) is 0 Å². The SMILES string of the molecule is CNS(=O)(=O)c1ccc(N[C@@H]2CCCN(c3ccnn3C)C2=O)c(F)c1. The number of nitrogens with one attached hydrogen (secondary N) is 2. The van der Waals surface area contributed by atoms with E-state index in [1.807, 2.05) is 0 Å². The lowest BCUT2D eigenvalue weighted by atomic mass is 10.0. The molecule has 10 heteroatoms. The summed E-state index contributed by atoms with van der Waals surface area (Å²) in [6.45, 7) is 0.568. The highest BCUT2D eigenvalue weighted by Crippen LogP contribution is 2.25. The third kappa shape index (κ3) is 3.42. The summed E-state index contributed by atoms with van der Waals surface area (Å²) in [6, 6.07) is 4.71. The monoisotopic (exact) mass is 381 g/mol. The van der Waals surface area contributed by atoms with E-state index in [0.29, 0.717) is 18.8 Å². The van der Waals surface area contributed by atoms with Gasteiger partial charge in [-0.25, -0.2) is 17.5 Å². The Balaban J connectivity index is 1.80. The number of sulfonamides is 1. The van der Waals surface area contributed by atoms with Crippen molar-refractivity contribution < 1.29 is 17.6 Å². The Morgan fingerprint density at radius 1 is 1.31 bits per heavy atom. The fourth-order valence-electron chi connectivity index (χ4n) is 2.95. The van der Waals surface area contributed by atoms with E-state index >= 15 is 0 Å². The summed E-state index contributed by atoms with van der Waals surface area (Å²) in [7, 11) is -0.720. The first-order chi connectivity index (χ1) is 12.3. The van der Waals surface area contributed by atoms with Gasteiger partial charge in [0.25, 0.3) is 5.91 Å². The molecule has 0 unspecified atom stereocenters. The fraction of sp³-hybridized carbons (Fsp3) is 0.375. The number of carbonyl (C=O) groups excluding carboxylic acids is 1. The molecular formula is C16H20FN5O3S. The minimum atomic E-state index is -3.73. The highest BCUT2D eigenvalue weighted by atomic mass is 32.2. The number of hydrogen-bond acceptors (Lipinski definition) is 5. The Bertz CT molecular complexity index is 928. The van der Waals surface area contributed by atoms with Crippen LogP contribution in [0, 0.1) is 5.82 Å². The van der Waals surface area contributed by atoms with E-state index < -0.39 is 21.9 Å². The second-order valence-corrected chi connectivity index (χ2v) is 7.88. The Morgan fingerprint density at radius 3 is 2.69 bits per heavy atom. The Hall–Kier alpha value is -2.46. The lowest BCUT2D eigenvalue weighted by Crippen LogP contribution is -2.48. The Kier molecular flexibility index (Phi) is 4.97. The number of amides is 1. The second kappa shape index (κ2) is 7.04. The van der Waals surface area contributed by atoms with Crippen molar-refractivity contribution in [2.45, 2.75) is 23.8 Å². The van der Waals surface area contributed by atoms with Crippen molar-refractivity contribution in [3.63, 3.8) is 0 Å². The molecule has 1 aliphatic rings. The van der Waals surface area contributed by atoms with Crippen LogP contribution < -0.4 is 14.9 Å². The molecule has 140 valence electrons. The third-order valence-corrected chi connectivity index (χ3v) is 5.77. The zero-order chi connectivity index (χ0) is 18.9. The average Bonchev–Trinajstić information content (AvgIpc) is 3.04. The summed E-state index contributed by atoms with van der Waals surface area (Å²) in [6.07, 6.45) is 2.92. The minimum absolute atomic E-state index is 0.0882. The van der Waals surface area contributed by atoms with Crippen LogP contribution in [0.1, 0.15) is 12.8 Å². The van der Waals surface area contributed by atoms with Crippen molar-refractivity contribution in [1.29, 1.82) is 0 Å². The van der Waals surface area contributed by atoms with Gasteiger partial charge in [0.2, 0.25) is 10.0 Å². The first-order valence-corrected chi connectivity index (χ1v) is 9.61. The number of carbonyl (C=O) groups is 1. The molecule has 0 aliphatic carbocycles. The van der Waals surface area contributed by atoms with Gasteiger partial charge in [-0.3, -0.25) is 14.4 Å². The zero-order valence-electron chi connectivity index (χ0n) is 14.4. The molecule has 0 saturated carbocycles. The van der Waals surface area contributed by atoms with Gasteiger partial charge in [0, 0.05) is 19.7 Å². The topological polar surface area (TPSA) is 96.3 Å². The quantitative estimate of drug-likeness (QED) is 0.808.